The molecule has 2 N–H and O–H groups in total. The fourth-order valence-electron chi connectivity index (χ4n) is 2.70. The van der Waals surface area contributed by atoms with E-state index in [2.05, 4.69) is 20.1 Å². The van der Waals surface area contributed by atoms with E-state index in [1.807, 2.05) is 0 Å². The normalized spacial score (nSPS) is 25.5. The highest BCUT2D eigenvalue weighted by Gasteiger charge is 2.50. The van der Waals surface area contributed by atoms with Gasteiger partial charge in [-0.1, -0.05) is 5.16 Å². The van der Waals surface area contributed by atoms with Crippen molar-refractivity contribution in [3.8, 4) is 11.4 Å². The zero-order chi connectivity index (χ0) is 13.0. The first-order valence-corrected chi connectivity index (χ1v) is 6.65. The molecule has 2 aromatic heterocycles. The highest BCUT2D eigenvalue weighted by atomic mass is 16.5. The Balaban J connectivity index is 1.60. The van der Waals surface area contributed by atoms with E-state index < -0.39 is 0 Å². The minimum atomic E-state index is 0.398. The van der Waals surface area contributed by atoms with Crippen LogP contribution in [0.25, 0.3) is 11.4 Å². The molecular formula is C13H15N5O. The van der Waals surface area contributed by atoms with Crippen LogP contribution in [-0.4, -0.2) is 20.1 Å². The third kappa shape index (κ3) is 1.87. The highest BCUT2D eigenvalue weighted by Crippen LogP contribution is 2.58. The van der Waals surface area contributed by atoms with Crippen molar-refractivity contribution in [2.24, 2.45) is 11.8 Å². The van der Waals surface area contributed by atoms with E-state index in [0.717, 1.165) is 17.7 Å². The van der Waals surface area contributed by atoms with Crippen molar-refractivity contribution in [1.29, 1.82) is 0 Å². The monoisotopic (exact) mass is 257 g/mol. The largest absolute Gasteiger partial charge is 0.383 e. The molecular weight excluding hydrogens is 242 g/mol. The van der Waals surface area contributed by atoms with Crippen LogP contribution in [0, 0.1) is 18.8 Å². The maximum absolute atomic E-state index is 5.87. The molecule has 2 saturated carbocycles. The summed E-state index contributed by atoms with van der Waals surface area (Å²) in [7, 11) is 0. The molecule has 2 unspecified atom stereocenters. The fourth-order valence-corrected chi connectivity index (χ4v) is 2.70. The van der Waals surface area contributed by atoms with Gasteiger partial charge in [0.25, 0.3) is 0 Å². The second-order valence-electron chi connectivity index (χ2n) is 5.52. The van der Waals surface area contributed by atoms with Crippen LogP contribution in [0.5, 0.6) is 0 Å². The number of nitrogen functional groups attached to an aromatic ring is 1. The molecule has 0 spiro atoms. The van der Waals surface area contributed by atoms with Crippen molar-refractivity contribution in [3.63, 3.8) is 0 Å². The molecule has 6 nitrogen and oxygen atoms in total. The Kier molecular flexibility index (Phi) is 2.15. The number of aromatic nitrogens is 4. The topological polar surface area (TPSA) is 90.7 Å². The van der Waals surface area contributed by atoms with E-state index in [1.54, 1.807) is 13.1 Å². The minimum absolute atomic E-state index is 0.398. The lowest BCUT2D eigenvalue weighted by molar-refractivity contribution is 0.374. The lowest BCUT2D eigenvalue weighted by Gasteiger charge is -1.99. The predicted molar refractivity (Wildman–Crippen MR) is 68.0 cm³/mol. The molecule has 0 bridgehead atoms. The quantitative estimate of drug-likeness (QED) is 0.903. The maximum atomic E-state index is 5.87. The van der Waals surface area contributed by atoms with Crippen LogP contribution < -0.4 is 5.73 Å². The molecule has 2 atom stereocenters. The predicted octanol–water partition coefficient (Wildman–Crippen LogP) is 1.93. The summed E-state index contributed by atoms with van der Waals surface area (Å²) in [5.74, 6) is 4.39. The Morgan fingerprint density at radius 2 is 2.16 bits per heavy atom. The molecule has 19 heavy (non-hydrogen) atoms. The first-order valence-electron chi connectivity index (χ1n) is 6.65. The number of anilines is 1. The van der Waals surface area contributed by atoms with Crippen LogP contribution in [0.15, 0.2) is 10.7 Å². The van der Waals surface area contributed by atoms with E-state index in [9.17, 15) is 0 Å². The molecule has 4 rings (SSSR count). The average molecular weight is 257 g/mol. The molecule has 0 saturated heterocycles. The molecule has 0 aliphatic heterocycles. The number of nitrogens with two attached hydrogens (primary N) is 1. The van der Waals surface area contributed by atoms with Crippen molar-refractivity contribution < 1.29 is 4.52 Å². The summed E-state index contributed by atoms with van der Waals surface area (Å²) in [6, 6.07) is 0. The lowest BCUT2D eigenvalue weighted by atomic mass is 10.2. The summed E-state index contributed by atoms with van der Waals surface area (Å²) in [4.78, 5) is 12.7. The smallest absolute Gasteiger partial charge is 0.230 e. The molecule has 2 fully saturated rings. The van der Waals surface area contributed by atoms with Crippen molar-refractivity contribution in [2.75, 3.05) is 5.73 Å². The van der Waals surface area contributed by atoms with Gasteiger partial charge in [0.15, 0.2) is 0 Å². The van der Waals surface area contributed by atoms with Gasteiger partial charge in [-0.2, -0.15) is 4.98 Å². The number of hydrogen-bond donors (Lipinski definition) is 1. The molecule has 2 heterocycles. The van der Waals surface area contributed by atoms with Crippen LogP contribution in [-0.2, 0) is 0 Å². The van der Waals surface area contributed by atoms with Crippen LogP contribution in [0.3, 0.4) is 0 Å². The molecule has 6 heteroatoms. The van der Waals surface area contributed by atoms with Crippen molar-refractivity contribution >= 4 is 5.82 Å². The molecule has 2 aromatic rings. The van der Waals surface area contributed by atoms with Gasteiger partial charge in [0.2, 0.25) is 11.7 Å². The lowest BCUT2D eigenvalue weighted by Crippen LogP contribution is -1.99. The summed E-state index contributed by atoms with van der Waals surface area (Å²) in [6.07, 6.45) is 5.56. The van der Waals surface area contributed by atoms with Gasteiger partial charge in [-0.25, -0.2) is 9.97 Å². The van der Waals surface area contributed by atoms with Crippen LogP contribution >= 0.6 is 0 Å². The van der Waals surface area contributed by atoms with E-state index in [-0.39, 0.29) is 0 Å². The second kappa shape index (κ2) is 3.76. The second-order valence-corrected chi connectivity index (χ2v) is 5.52. The van der Waals surface area contributed by atoms with Crippen molar-refractivity contribution in [3.05, 3.63) is 17.9 Å². The Bertz CT molecular complexity index is 634. The SMILES string of the molecule is Cc1ncc(-c2noc(C3CC3C3CC3)n2)c(N)n1. The van der Waals surface area contributed by atoms with Gasteiger partial charge in [0.1, 0.15) is 11.6 Å². The average Bonchev–Trinajstić information content (AvgIpc) is 3.27. The van der Waals surface area contributed by atoms with Gasteiger partial charge in [-0.3, -0.25) is 0 Å². The third-order valence-electron chi connectivity index (χ3n) is 4.01. The van der Waals surface area contributed by atoms with Gasteiger partial charge in [0, 0.05) is 12.1 Å². The molecule has 98 valence electrons. The van der Waals surface area contributed by atoms with Gasteiger partial charge in [0.05, 0.1) is 5.56 Å². The number of nitrogens with zero attached hydrogens (tertiary/aromatic N) is 4. The summed E-state index contributed by atoms with van der Waals surface area (Å²) in [5.41, 5.74) is 6.51. The summed E-state index contributed by atoms with van der Waals surface area (Å²) in [6.45, 7) is 1.80. The van der Waals surface area contributed by atoms with Crippen molar-refractivity contribution in [1.82, 2.24) is 20.1 Å². The van der Waals surface area contributed by atoms with Gasteiger partial charge in [-0.15, -0.1) is 0 Å². The first kappa shape index (κ1) is 10.9. The van der Waals surface area contributed by atoms with Gasteiger partial charge < -0.3 is 10.3 Å². The Hall–Kier alpha value is -1.98. The standard InChI is InChI=1S/C13H15N5O/c1-6-15-5-10(11(14)16-6)12-17-13(19-18-12)9-4-8(9)7-2-3-7/h5,7-9H,2-4H2,1H3,(H2,14,15,16). The summed E-state index contributed by atoms with van der Waals surface area (Å²) >= 11 is 0. The number of aryl methyl sites for hydroxylation is 1. The molecule has 2 aliphatic rings. The van der Waals surface area contributed by atoms with E-state index in [0.29, 0.717) is 28.9 Å². The van der Waals surface area contributed by atoms with Crippen LogP contribution in [0.4, 0.5) is 5.82 Å². The Morgan fingerprint density at radius 1 is 1.32 bits per heavy atom. The summed E-state index contributed by atoms with van der Waals surface area (Å²) in [5, 5.41) is 4.01. The molecule has 2 aliphatic carbocycles. The highest BCUT2D eigenvalue weighted by molar-refractivity contribution is 5.66. The fraction of sp³-hybridized carbons (Fsp3) is 0.538. The van der Waals surface area contributed by atoms with E-state index in [4.69, 9.17) is 10.3 Å². The third-order valence-corrected chi connectivity index (χ3v) is 4.01. The molecule has 0 amide bonds. The van der Waals surface area contributed by atoms with Crippen LogP contribution in [0.1, 0.15) is 36.9 Å². The number of rotatable bonds is 3. The molecule has 0 radical (unpaired) electrons. The zero-order valence-electron chi connectivity index (χ0n) is 10.7. The number of hydrogen-bond acceptors (Lipinski definition) is 6. The van der Waals surface area contributed by atoms with Crippen LogP contribution in [0.2, 0.25) is 0 Å². The first-order chi connectivity index (χ1) is 9.22. The van der Waals surface area contributed by atoms with Gasteiger partial charge >= 0.3 is 0 Å². The van der Waals surface area contributed by atoms with Gasteiger partial charge in [-0.05, 0) is 38.0 Å². The Labute approximate surface area is 110 Å². The zero-order valence-corrected chi connectivity index (χ0v) is 10.7. The maximum Gasteiger partial charge on any atom is 0.230 e. The summed E-state index contributed by atoms with van der Waals surface area (Å²) < 4.78 is 5.36. The van der Waals surface area contributed by atoms with Crippen molar-refractivity contribution in [2.45, 2.75) is 32.1 Å². The minimum Gasteiger partial charge on any atom is -0.383 e. The van der Waals surface area contributed by atoms with E-state index >= 15 is 0 Å². The molecule has 0 aromatic carbocycles. The Morgan fingerprint density at radius 3 is 2.89 bits per heavy atom. The van der Waals surface area contributed by atoms with E-state index in [1.165, 1.54) is 19.3 Å².